The van der Waals surface area contributed by atoms with Gasteiger partial charge < -0.3 is 10.2 Å². The third kappa shape index (κ3) is 3.98. The van der Waals surface area contributed by atoms with Crippen LogP contribution in [-0.4, -0.2) is 37.1 Å². The van der Waals surface area contributed by atoms with E-state index in [9.17, 15) is 0 Å². The molecule has 2 aliphatic rings. The van der Waals surface area contributed by atoms with Crippen LogP contribution in [-0.2, 0) is 0 Å². The highest BCUT2D eigenvalue weighted by atomic mass is 15.2. The Morgan fingerprint density at radius 2 is 1.95 bits per heavy atom. The van der Waals surface area contributed by atoms with Gasteiger partial charge in [0, 0.05) is 18.6 Å². The number of piperidine rings is 1. The van der Waals surface area contributed by atoms with Gasteiger partial charge in [-0.1, -0.05) is 26.7 Å². The fraction of sp³-hybridized carbons (Fsp3) is 1.00. The molecule has 2 fully saturated rings. The lowest BCUT2D eigenvalue weighted by atomic mass is 9.75. The van der Waals surface area contributed by atoms with Gasteiger partial charge in [0.2, 0.25) is 0 Å². The smallest absolute Gasteiger partial charge is 0.0105 e. The quantitative estimate of drug-likeness (QED) is 0.821. The Kier molecular flexibility index (Phi) is 6.35. The van der Waals surface area contributed by atoms with Gasteiger partial charge in [0.05, 0.1) is 0 Å². The summed E-state index contributed by atoms with van der Waals surface area (Å²) in [4.78, 5) is 2.79. The minimum Gasteiger partial charge on any atom is -0.317 e. The Balaban J connectivity index is 1.93. The second-order valence-electron chi connectivity index (χ2n) is 7.48. The van der Waals surface area contributed by atoms with E-state index < -0.39 is 0 Å². The second kappa shape index (κ2) is 7.79. The molecule has 1 aliphatic carbocycles. The van der Waals surface area contributed by atoms with Crippen molar-refractivity contribution >= 4 is 0 Å². The van der Waals surface area contributed by atoms with Crippen LogP contribution in [0.15, 0.2) is 0 Å². The summed E-state index contributed by atoms with van der Waals surface area (Å²) in [7, 11) is 2.17. The Bertz CT molecular complexity index is 279. The highest BCUT2D eigenvalue weighted by molar-refractivity contribution is 4.88. The molecule has 2 heteroatoms. The summed E-state index contributed by atoms with van der Waals surface area (Å²) < 4.78 is 0. The van der Waals surface area contributed by atoms with Gasteiger partial charge in [-0.3, -0.25) is 0 Å². The Hall–Kier alpha value is -0.0800. The van der Waals surface area contributed by atoms with E-state index in [1.165, 1.54) is 58.0 Å². The molecule has 5 unspecified atom stereocenters. The molecule has 2 rings (SSSR count). The van der Waals surface area contributed by atoms with Crippen LogP contribution in [0.4, 0.5) is 0 Å². The molecule has 0 spiro atoms. The number of nitrogens with zero attached hydrogens (tertiary/aromatic N) is 1. The van der Waals surface area contributed by atoms with E-state index in [-0.39, 0.29) is 0 Å². The molecular weight excluding hydrogens is 244 g/mol. The van der Waals surface area contributed by atoms with E-state index in [0.29, 0.717) is 0 Å². The monoisotopic (exact) mass is 280 g/mol. The molecule has 118 valence electrons. The Labute approximate surface area is 126 Å². The summed E-state index contributed by atoms with van der Waals surface area (Å²) in [5.74, 6) is 2.75. The van der Waals surface area contributed by atoms with E-state index >= 15 is 0 Å². The first-order chi connectivity index (χ1) is 9.65. The lowest BCUT2D eigenvalue weighted by Gasteiger charge is -2.44. The molecular formula is C18H36N2. The van der Waals surface area contributed by atoms with Crippen molar-refractivity contribution in [2.75, 3.05) is 20.1 Å². The van der Waals surface area contributed by atoms with Gasteiger partial charge >= 0.3 is 0 Å². The summed E-state index contributed by atoms with van der Waals surface area (Å²) in [5, 5.41) is 3.61. The molecule has 20 heavy (non-hydrogen) atoms. The summed E-state index contributed by atoms with van der Waals surface area (Å²) >= 11 is 0. The zero-order valence-electron chi connectivity index (χ0n) is 14.2. The average Bonchev–Trinajstić information content (AvgIpc) is 2.45. The number of hydrogen-bond acceptors (Lipinski definition) is 2. The standard InChI is InChI=1S/C18H36N2/c1-5-7-16-9-10-18(19-4)17(12-16)13-20-11-6-8-14(2)15(20)3/h14-19H,5-13H2,1-4H3. The van der Waals surface area contributed by atoms with Gasteiger partial charge in [0.25, 0.3) is 0 Å². The molecule has 2 nitrogen and oxygen atoms in total. The number of rotatable bonds is 5. The van der Waals surface area contributed by atoms with Crippen LogP contribution < -0.4 is 5.32 Å². The van der Waals surface area contributed by atoms with E-state index in [4.69, 9.17) is 0 Å². The van der Waals surface area contributed by atoms with Crippen molar-refractivity contribution in [3.8, 4) is 0 Å². The molecule has 0 aromatic heterocycles. The fourth-order valence-electron chi connectivity index (χ4n) is 4.59. The molecule has 5 atom stereocenters. The zero-order chi connectivity index (χ0) is 14.5. The van der Waals surface area contributed by atoms with Crippen LogP contribution >= 0.6 is 0 Å². The maximum atomic E-state index is 3.61. The lowest BCUT2D eigenvalue weighted by molar-refractivity contribution is 0.0673. The molecule has 0 radical (unpaired) electrons. The summed E-state index contributed by atoms with van der Waals surface area (Å²) in [6.45, 7) is 9.89. The molecule has 1 aliphatic heterocycles. The summed E-state index contributed by atoms with van der Waals surface area (Å²) in [6, 6.07) is 1.54. The van der Waals surface area contributed by atoms with Crippen LogP contribution in [0.5, 0.6) is 0 Å². The third-order valence-corrected chi connectivity index (χ3v) is 6.13. The maximum absolute atomic E-state index is 3.61. The van der Waals surface area contributed by atoms with Crippen molar-refractivity contribution in [3.63, 3.8) is 0 Å². The largest absolute Gasteiger partial charge is 0.317 e. The van der Waals surface area contributed by atoms with Crippen LogP contribution in [0.25, 0.3) is 0 Å². The van der Waals surface area contributed by atoms with Gasteiger partial charge in [-0.2, -0.15) is 0 Å². The van der Waals surface area contributed by atoms with Crippen molar-refractivity contribution in [2.45, 2.75) is 77.8 Å². The van der Waals surface area contributed by atoms with Gasteiger partial charge in [-0.05, 0) is 70.4 Å². The molecule has 0 amide bonds. The summed E-state index contributed by atoms with van der Waals surface area (Å²) in [6.07, 6.45) is 9.93. The van der Waals surface area contributed by atoms with Crippen molar-refractivity contribution in [1.29, 1.82) is 0 Å². The second-order valence-corrected chi connectivity index (χ2v) is 7.48. The van der Waals surface area contributed by atoms with E-state index in [2.05, 4.69) is 38.0 Å². The van der Waals surface area contributed by atoms with Crippen molar-refractivity contribution in [2.24, 2.45) is 17.8 Å². The van der Waals surface area contributed by atoms with Gasteiger partial charge in [-0.15, -0.1) is 0 Å². The fourth-order valence-corrected chi connectivity index (χ4v) is 4.59. The molecule has 1 heterocycles. The van der Waals surface area contributed by atoms with Gasteiger partial charge in [0.15, 0.2) is 0 Å². The maximum Gasteiger partial charge on any atom is 0.0105 e. The third-order valence-electron chi connectivity index (χ3n) is 6.13. The topological polar surface area (TPSA) is 15.3 Å². The SMILES string of the molecule is CCCC1CCC(NC)C(CN2CCCC(C)C2C)C1. The first-order valence-corrected chi connectivity index (χ1v) is 9.07. The number of likely N-dealkylation sites (tertiary alicyclic amines) is 1. The molecule has 1 N–H and O–H groups in total. The molecule has 0 bridgehead atoms. The predicted octanol–water partition coefficient (Wildman–Crippen LogP) is 3.91. The van der Waals surface area contributed by atoms with Crippen LogP contribution in [0.3, 0.4) is 0 Å². The van der Waals surface area contributed by atoms with Crippen LogP contribution in [0, 0.1) is 17.8 Å². The van der Waals surface area contributed by atoms with Crippen molar-refractivity contribution < 1.29 is 0 Å². The highest BCUT2D eigenvalue weighted by Crippen LogP contribution is 2.34. The predicted molar refractivity (Wildman–Crippen MR) is 88.0 cm³/mol. The lowest BCUT2D eigenvalue weighted by Crippen LogP contribution is -2.50. The van der Waals surface area contributed by atoms with Crippen LogP contribution in [0.2, 0.25) is 0 Å². The molecule has 1 saturated heterocycles. The normalized spacial score (nSPS) is 39.9. The van der Waals surface area contributed by atoms with Gasteiger partial charge in [-0.25, -0.2) is 0 Å². The first kappa shape index (κ1) is 16.3. The van der Waals surface area contributed by atoms with Crippen LogP contribution in [0.1, 0.15) is 65.7 Å². The average molecular weight is 280 g/mol. The van der Waals surface area contributed by atoms with E-state index in [1.54, 1.807) is 0 Å². The Morgan fingerprint density at radius 3 is 2.65 bits per heavy atom. The van der Waals surface area contributed by atoms with E-state index in [1.807, 2.05) is 0 Å². The van der Waals surface area contributed by atoms with Crippen molar-refractivity contribution in [1.82, 2.24) is 10.2 Å². The van der Waals surface area contributed by atoms with E-state index in [0.717, 1.165) is 29.8 Å². The molecule has 0 aromatic carbocycles. The summed E-state index contributed by atoms with van der Waals surface area (Å²) in [5.41, 5.74) is 0. The number of hydrogen-bond donors (Lipinski definition) is 1. The Morgan fingerprint density at radius 1 is 1.15 bits per heavy atom. The zero-order valence-corrected chi connectivity index (χ0v) is 14.2. The first-order valence-electron chi connectivity index (χ1n) is 9.07. The molecule has 0 aromatic rings. The minimum absolute atomic E-state index is 0.757. The van der Waals surface area contributed by atoms with Crippen molar-refractivity contribution in [3.05, 3.63) is 0 Å². The minimum atomic E-state index is 0.757. The number of nitrogens with one attached hydrogen (secondary N) is 1. The molecule has 1 saturated carbocycles. The van der Waals surface area contributed by atoms with Gasteiger partial charge in [0.1, 0.15) is 0 Å². The highest BCUT2D eigenvalue weighted by Gasteiger charge is 2.33.